The van der Waals surface area contributed by atoms with Crippen molar-refractivity contribution in [3.05, 3.63) is 29.0 Å². The molecule has 3 heterocycles. The Morgan fingerprint density at radius 1 is 1.58 bits per heavy atom. The molecule has 1 aliphatic heterocycles. The predicted octanol–water partition coefficient (Wildman–Crippen LogP) is 2.51. The van der Waals surface area contributed by atoms with Gasteiger partial charge in [-0.15, -0.1) is 11.3 Å². The number of thiophene rings is 1. The summed E-state index contributed by atoms with van der Waals surface area (Å²) in [5, 5.41) is 5.46. The zero-order chi connectivity index (χ0) is 13.2. The number of aryl methyl sites for hydroxylation is 1. The first-order valence-electron chi connectivity index (χ1n) is 6.69. The molecule has 1 fully saturated rings. The van der Waals surface area contributed by atoms with E-state index in [0.29, 0.717) is 6.04 Å². The molecule has 2 aromatic rings. The van der Waals surface area contributed by atoms with Crippen LogP contribution in [0.3, 0.4) is 0 Å². The van der Waals surface area contributed by atoms with Crippen molar-refractivity contribution in [2.45, 2.75) is 26.4 Å². The molecule has 0 bridgehead atoms. The van der Waals surface area contributed by atoms with Gasteiger partial charge in [-0.3, -0.25) is 4.90 Å². The van der Waals surface area contributed by atoms with Crippen molar-refractivity contribution in [1.29, 1.82) is 0 Å². The summed E-state index contributed by atoms with van der Waals surface area (Å²) in [7, 11) is 0. The Morgan fingerprint density at radius 2 is 2.47 bits per heavy atom. The minimum atomic E-state index is 0.551. The van der Waals surface area contributed by atoms with Gasteiger partial charge >= 0.3 is 0 Å². The second kappa shape index (κ2) is 5.45. The highest BCUT2D eigenvalue weighted by atomic mass is 32.1. The summed E-state index contributed by atoms with van der Waals surface area (Å²) in [6, 6.07) is 4.63. The third-order valence-corrected chi connectivity index (χ3v) is 4.47. The Kier molecular flexibility index (Phi) is 3.68. The van der Waals surface area contributed by atoms with Gasteiger partial charge in [0, 0.05) is 32.2 Å². The van der Waals surface area contributed by atoms with Crippen LogP contribution in [0.15, 0.2) is 21.9 Å². The lowest BCUT2D eigenvalue weighted by Gasteiger charge is -2.33. The highest BCUT2D eigenvalue weighted by molar-refractivity contribution is 7.13. The molecule has 2 aromatic heterocycles. The molecule has 5 heteroatoms. The van der Waals surface area contributed by atoms with Crippen molar-refractivity contribution >= 4 is 11.3 Å². The van der Waals surface area contributed by atoms with Gasteiger partial charge < -0.3 is 9.73 Å². The molecule has 1 unspecified atom stereocenters. The highest BCUT2D eigenvalue weighted by Gasteiger charge is 2.21. The first kappa shape index (κ1) is 12.8. The summed E-state index contributed by atoms with van der Waals surface area (Å²) >= 11 is 1.66. The fourth-order valence-electron chi connectivity index (χ4n) is 2.39. The molecule has 102 valence electrons. The average molecular weight is 277 g/mol. The number of piperazine rings is 1. The van der Waals surface area contributed by atoms with Crippen LogP contribution < -0.4 is 5.32 Å². The molecular formula is C14H19N3OS. The molecule has 3 rings (SSSR count). The third kappa shape index (κ3) is 2.73. The molecule has 0 saturated carbocycles. The van der Waals surface area contributed by atoms with Gasteiger partial charge in [0.2, 0.25) is 5.89 Å². The third-order valence-electron chi connectivity index (χ3n) is 3.62. The van der Waals surface area contributed by atoms with Gasteiger partial charge in [-0.2, -0.15) is 0 Å². The van der Waals surface area contributed by atoms with E-state index < -0.39 is 0 Å². The minimum absolute atomic E-state index is 0.551. The van der Waals surface area contributed by atoms with E-state index in [1.807, 2.05) is 24.4 Å². The number of nitrogens with zero attached hydrogens (tertiary/aromatic N) is 2. The van der Waals surface area contributed by atoms with Crippen molar-refractivity contribution in [2.24, 2.45) is 0 Å². The summed E-state index contributed by atoms with van der Waals surface area (Å²) in [5.41, 5.74) is 1.07. The maximum Gasteiger partial charge on any atom is 0.236 e. The van der Waals surface area contributed by atoms with E-state index in [1.165, 1.54) is 0 Å². The summed E-state index contributed by atoms with van der Waals surface area (Å²) in [6.07, 6.45) is 0. The summed E-state index contributed by atoms with van der Waals surface area (Å²) < 4.78 is 5.79. The first-order valence-corrected chi connectivity index (χ1v) is 7.57. The van der Waals surface area contributed by atoms with Crippen LogP contribution in [-0.4, -0.2) is 35.6 Å². The van der Waals surface area contributed by atoms with Crippen LogP contribution in [-0.2, 0) is 6.54 Å². The Hall–Kier alpha value is -1.17. The Labute approximate surface area is 117 Å². The van der Waals surface area contributed by atoms with Crippen molar-refractivity contribution in [3.63, 3.8) is 0 Å². The van der Waals surface area contributed by atoms with Crippen molar-refractivity contribution in [3.8, 4) is 10.8 Å². The second-order valence-electron chi connectivity index (χ2n) is 5.02. The van der Waals surface area contributed by atoms with Crippen molar-refractivity contribution in [1.82, 2.24) is 15.2 Å². The Bertz CT molecular complexity index is 535. The second-order valence-corrected chi connectivity index (χ2v) is 5.97. The maximum atomic E-state index is 5.79. The maximum absolute atomic E-state index is 5.79. The number of oxazole rings is 1. The van der Waals surface area contributed by atoms with Gasteiger partial charge in [-0.25, -0.2) is 4.98 Å². The number of hydrogen-bond acceptors (Lipinski definition) is 5. The molecule has 0 aromatic carbocycles. The fourth-order valence-corrected chi connectivity index (χ4v) is 3.04. The van der Waals surface area contributed by atoms with Gasteiger partial charge in [-0.05, 0) is 25.3 Å². The molecule has 0 amide bonds. The lowest BCUT2D eigenvalue weighted by molar-refractivity contribution is 0.163. The molecule has 1 saturated heterocycles. The zero-order valence-corrected chi connectivity index (χ0v) is 12.2. The molecule has 0 aliphatic carbocycles. The quantitative estimate of drug-likeness (QED) is 0.936. The lowest BCUT2D eigenvalue weighted by Crippen LogP contribution is -2.49. The van der Waals surface area contributed by atoms with E-state index in [2.05, 4.69) is 22.1 Å². The first-order chi connectivity index (χ1) is 9.24. The predicted molar refractivity (Wildman–Crippen MR) is 77.3 cm³/mol. The largest absolute Gasteiger partial charge is 0.440 e. The van der Waals surface area contributed by atoms with Gasteiger partial charge in [0.05, 0.1) is 10.6 Å². The van der Waals surface area contributed by atoms with E-state index >= 15 is 0 Å². The molecule has 19 heavy (non-hydrogen) atoms. The number of hydrogen-bond donors (Lipinski definition) is 1. The van der Waals surface area contributed by atoms with Crippen molar-refractivity contribution in [2.75, 3.05) is 19.6 Å². The number of rotatable bonds is 3. The Balaban J connectivity index is 1.78. The molecule has 1 aliphatic rings. The molecular weight excluding hydrogens is 258 g/mol. The summed E-state index contributed by atoms with van der Waals surface area (Å²) in [6.45, 7) is 8.31. The summed E-state index contributed by atoms with van der Waals surface area (Å²) in [5.74, 6) is 1.69. The van der Waals surface area contributed by atoms with E-state index in [1.54, 1.807) is 11.3 Å². The van der Waals surface area contributed by atoms with E-state index in [9.17, 15) is 0 Å². The smallest absolute Gasteiger partial charge is 0.236 e. The van der Waals surface area contributed by atoms with E-state index in [4.69, 9.17) is 4.42 Å². The van der Waals surface area contributed by atoms with Crippen LogP contribution in [0.25, 0.3) is 10.8 Å². The summed E-state index contributed by atoms with van der Waals surface area (Å²) in [4.78, 5) is 8.22. The number of nitrogens with one attached hydrogen (secondary N) is 1. The standard InChI is InChI=1S/C14H19N3OS/c1-10-8-15-5-6-17(10)9-12-11(2)18-14(16-12)13-4-3-7-19-13/h3-4,7,10,15H,5-6,8-9H2,1-2H3. The average Bonchev–Trinajstić information content (AvgIpc) is 3.02. The molecule has 1 atom stereocenters. The van der Waals surface area contributed by atoms with Crippen LogP contribution in [0.4, 0.5) is 0 Å². The van der Waals surface area contributed by atoms with Gasteiger partial charge in [-0.1, -0.05) is 6.07 Å². The molecule has 0 radical (unpaired) electrons. The number of aromatic nitrogens is 1. The topological polar surface area (TPSA) is 41.3 Å². The van der Waals surface area contributed by atoms with Crippen LogP contribution in [0.5, 0.6) is 0 Å². The molecule has 4 nitrogen and oxygen atoms in total. The van der Waals surface area contributed by atoms with Crippen molar-refractivity contribution < 1.29 is 4.42 Å². The monoisotopic (exact) mass is 277 g/mol. The Morgan fingerprint density at radius 3 is 3.21 bits per heavy atom. The van der Waals surface area contributed by atoms with Crippen LogP contribution in [0.2, 0.25) is 0 Å². The minimum Gasteiger partial charge on any atom is -0.440 e. The van der Waals surface area contributed by atoms with E-state index in [-0.39, 0.29) is 0 Å². The lowest BCUT2D eigenvalue weighted by atomic mass is 10.2. The normalized spacial score (nSPS) is 20.8. The molecule has 0 spiro atoms. The fraction of sp³-hybridized carbons (Fsp3) is 0.500. The molecule has 1 N–H and O–H groups in total. The van der Waals surface area contributed by atoms with Gasteiger partial charge in [0.15, 0.2) is 0 Å². The van der Waals surface area contributed by atoms with Crippen LogP contribution in [0, 0.1) is 6.92 Å². The zero-order valence-electron chi connectivity index (χ0n) is 11.3. The SMILES string of the molecule is Cc1oc(-c2cccs2)nc1CN1CCNCC1C. The van der Waals surface area contributed by atoms with Gasteiger partial charge in [0.1, 0.15) is 5.76 Å². The van der Waals surface area contributed by atoms with Crippen LogP contribution >= 0.6 is 11.3 Å². The van der Waals surface area contributed by atoms with Crippen LogP contribution in [0.1, 0.15) is 18.4 Å². The highest BCUT2D eigenvalue weighted by Crippen LogP contribution is 2.26. The van der Waals surface area contributed by atoms with Gasteiger partial charge in [0.25, 0.3) is 0 Å². The van der Waals surface area contributed by atoms with E-state index in [0.717, 1.165) is 48.4 Å².